The molecule has 1 N–H and O–H groups in total. The highest BCUT2D eigenvalue weighted by atomic mass is 35.5. The zero-order valence-corrected chi connectivity index (χ0v) is 42.2. The van der Waals surface area contributed by atoms with Gasteiger partial charge in [-0.05, 0) is 120 Å². The number of ether oxygens (including phenoxy) is 4. The van der Waals surface area contributed by atoms with Crippen LogP contribution in [0.3, 0.4) is 0 Å². The lowest BCUT2D eigenvalue weighted by Gasteiger charge is -2.36. The molecule has 0 bridgehead atoms. The molecule has 71 heavy (non-hydrogen) atoms. The molecule has 5 aromatic carbocycles. The maximum Gasteiger partial charge on any atom is 0.328 e. The number of aromatic nitrogens is 1. The zero-order valence-electron chi connectivity index (χ0n) is 39.0. The molecule has 2 amide bonds. The second-order valence-corrected chi connectivity index (χ2v) is 21.7. The molecule has 0 radical (unpaired) electrons. The van der Waals surface area contributed by atoms with Crippen LogP contribution in [0.5, 0.6) is 17.2 Å². The number of sulfonamides is 1. The Hall–Kier alpha value is -6.48. The van der Waals surface area contributed by atoms with Gasteiger partial charge < -0.3 is 24.3 Å². The standard InChI is InChI=1S/C53H49Cl2N5O9S2/c1-31-52(70-53(57-31)59(32(2)61)27-35-5-4-6-35)71(64,65)60-28-41-25-48-47(68-30-49(69-48)39-16-18-42(19-17-39)67-29-36-11-20-43(54)44(55)21-36)24-40(41)23-46(60)50(62)58-45(51(63)66-3)22-33-7-12-37(13-8-33)38-14-9-34(26-56)10-15-38/h7-21,24-25,35,45-46,49H,4-6,22-23,27-30H2,1-3H3,(H,58,62)/t45?,46-,49+/m0/s1. The molecular weight excluding hydrogens is 986 g/mol. The fraction of sp³-hybridized carbons (Fsp3) is 0.302. The molecular formula is C53H49Cl2N5O9S2. The Morgan fingerprint density at radius 3 is 2.27 bits per heavy atom. The number of carbonyl (C=O) groups excluding carboxylic acids is 3. The first-order chi connectivity index (χ1) is 34.2. The van der Waals surface area contributed by atoms with E-state index in [2.05, 4.69) is 16.4 Å². The summed E-state index contributed by atoms with van der Waals surface area (Å²) in [7, 11) is -3.26. The predicted molar refractivity (Wildman–Crippen MR) is 269 cm³/mol. The third-order valence-corrected chi connectivity index (χ3v) is 17.4. The smallest absolute Gasteiger partial charge is 0.328 e. The third kappa shape index (κ3) is 10.9. The van der Waals surface area contributed by atoms with Gasteiger partial charge in [0, 0.05) is 26.4 Å². The van der Waals surface area contributed by atoms with Crippen molar-refractivity contribution in [2.45, 2.75) is 81.5 Å². The maximum absolute atomic E-state index is 15.1. The van der Waals surface area contributed by atoms with Crippen molar-refractivity contribution >= 4 is 67.5 Å². The van der Waals surface area contributed by atoms with Gasteiger partial charge in [-0.2, -0.15) is 9.57 Å². The highest BCUT2D eigenvalue weighted by Gasteiger charge is 2.44. The van der Waals surface area contributed by atoms with Gasteiger partial charge in [0.25, 0.3) is 10.0 Å². The summed E-state index contributed by atoms with van der Waals surface area (Å²) < 4.78 is 55.2. The molecule has 3 atom stereocenters. The Morgan fingerprint density at radius 1 is 0.930 bits per heavy atom. The highest BCUT2D eigenvalue weighted by molar-refractivity contribution is 7.91. The molecule has 6 aromatic rings. The fourth-order valence-electron chi connectivity index (χ4n) is 8.86. The molecule has 1 aliphatic carbocycles. The van der Waals surface area contributed by atoms with E-state index in [9.17, 15) is 19.6 Å². The summed E-state index contributed by atoms with van der Waals surface area (Å²) >= 11 is 13.1. The summed E-state index contributed by atoms with van der Waals surface area (Å²) in [5, 5.41) is 13.2. The predicted octanol–water partition coefficient (Wildman–Crippen LogP) is 9.56. The number of methoxy groups -OCH3 is 1. The number of fused-ring (bicyclic) bond motifs is 2. The van der Waals surface area contributed by atoms with Crippen molar-refractivity contribution in [1.29, 1.82) is 5.26 Å². The van der Waals surface area contributed by atoms with Crippen molar-refractivity contribution in [3.8, 4) is 34.4 Å². The third-order valence-electron chi connectivity index (χ3n) is 13.1. The number of anilines is 1. The van der Waals surface area contributed by atoms with E-state index >= 15 is 8.42 Å². The number of benzene rings is 5. The van der Waals surface area contributed by atoms with Crippen LogP contribution < -0.4 is 24.4 Å². The molecule has 14 nitrogen and oxygen atoms in total. The van der Waals surface area contributed by atoms with Crippen LogP contribution in [0.2, 0.25) is 10.0 Å². The van der Waals surface area contributed by atoms with Crippen LogP contribution in [0.15, 0.2) is 107 Å². The fourth-order valence-corrected chi connectivity index (χ4v) is 12.4. The summed E-state index contributed by atoms with van der Waals surface area (Å²) in [4.78, 5) is 47.2. The summed E-state index contributed by atoms with van der Waals surface area (Å²) in [6, 6.07) is 30.5. The Morgan fingerprint density at radius 2 is 1.62 bits per heavy atom. The van der Waals surface area contributed by atoms with Crippen molar-refractivity contribution in [3.63, 3.8) is 0 Å². The summed E-state index contributed by atoms with van der Waals surface area (Å²) in [6.45, 7) is 3.69. The van der Waals surface area contributed by atoms with Gasteiger partial charge in [-0.1, -0.05) is 95.6 Å². The molecule has 18 heteroatoms. The van der Waals surface area contributed by atoms with Crippen LogP contribution in [0.1, 0.15) is 71.4 Å². The number of hydrogen-bond donors (Lipinski definition) is 1. The van der Waals surface area contributed by atoms with E-state index in [4.69, 9.17) is 42.1 Å². The average molecular weight is 1040 g/mol. The second-order valence-electron chi connectivity index (χ2n) is 17.8. The number of esters is 1. The van der Waals surface area contributed by atoms with E-state index in [1.807, 2.05) is 66.7 Å². The van der Waals surface area contributed by atoms with Crippen LogP contribution in [0, 0.1) is 24.2 Å². The lowest BCUT2D eigenvalue weighted by atomic mass is 9.85. The highest BCUT2D eigenvalue weighted by Crippen LogP contribution is 2.43. The van der Waals surface area contributed by atoms with Gasteiger partial charge in [0.2, 0.25) is 11.8 Å². The minimum Gasteiger partial charge on any atom is -0.489 e. The Bertz CT molecular complexity index is 3140. The van der Waals surface area contributed by atoms with Crippen LogP contribution in [-0.4, -0.2) is 67.8 Å². The van der Waals surface area contributed by atoms with Crippen molar-refractivity contribution < 1.29 is 41.7 Å². The van der Waals surface area contributed by atoms with Gasteiger partial charge in [0.05, 0.1) is 34.5 Å². The number of carbonyl (C=O) groups is 3. The number of rotatable bonds is 15. The normalized spacial score (nSPS) is 17.0. The van der Waals surface area contributed by atoms with E-state index in [-0.39, 0.29) is 53.5 Å². The number of nitrogens with one attached hydrogen (secondary N) is 1. The lowest BCUT2D eigenvalue weighted by Crippen LogP contribution is -2.56. The van der Waals surface area contributed by atoms with Crippen molar-refractivity contribution in [2.24, 2.45) is 5.92 Å². The number of nitrogens with zero attached hydrogens (tertiary/aromatic N) is 4. The average Bonchev–Trinajstić information content (AvgIpc) is 3.76. The number of amides is 2. The summed E-state index contributed by atoms with van der Waals surface area (Å²) in [6.07, 6.45) is 2.50. The van der Waals surface area contributed by atoms with E-state index in [1.54, 1.807) is 43.3 Å². The molecule has 2 aliphatic heterocycles. The minimum absolute atomic E-state index is 0.0512. The van der Waals surface area contributed by atoms with Crippen LogP contribution in [0.4, 0.5) is 5.13 Å². The Balaban J connectivity index is 0.979. The van der Waals surface area contributed by atoms with Gasteiger partial charge in [0.1, 0.15) is 31.0 Å². The molecule has 9 rings (SSSR count). The number of aryl methyl sites for hydroxylation is 1. The van der Waals surface area contributed by atoms with Crippen molar-refractivity contribution in [1.82, 2.24) is 14.6 Å². The second kappa shape index (κ2) is 21.1. The van der Waals surface area contributed by atoms with Crippen molar-refractivity contribution in [2.75, 3.05) is 25.2 Å². The van der Waals surface area contributed by atoms with Gasteiger partial charge in [0.15, 0.2) is 26.9 Å². The first-order valence-corrected chi connectivity index (χ1v) is 26.1. The molecule has 0 saturated heterocycles. The van der Waals surface area contributed by atoms with E-state index < -0.39 is 40.1 Å². The Labute approximate surface area is 426 Å². The topological polar surface area (TPSA) is 177 Å². The van der Waals surface area contributed by atoms with Crippen molar-refractivity contribution in [3.05, 3.63) is 152 Å². The first-order valence-electron chi connectivity index (χ1n) is 23.0. The van der Waals surface area contributed by atoms with Crippen LogP contribution in [-0.2, 0) is 55.1 Å². The van der Waals surface area contributed by atoms with Gasteiger partial charge in [-0.15, -0.1) is 0 Å². The summed E-state index contributed by atoms with van der Waals surface area (Å²) in [5.41, 5.74) is 6.19. The molecule has 0 spiro atoms. The molecule has 1 fully saturated rings. The van der Waals surface area contributed by atoms with Crippen LogP contribution >= 0.6 is 34.5 Å². The maximum atomic E-state index is 15.1. The molecule has 366 valence electrons. The molecule has 1 unspecified atom stereocenters. The van der Waals surface area contributed by atoms with E-state index in [1.165, 1.54) is 18.9 Å². The monoisotopic (exact) mass is 1030 g/mol. The minimum atomic E-state index is -4.49. The first kappa shape index (κ1) is 49.5. The SMILES string of the molecule is COC(=O)C(Cc1ccc(-c2ccc(C#N)cc2)cc1)NC(=O)[C@@H]1Cc2cc3c(cc2CN1S(=O)(=O)c1sc(N(CC2CCC2)C(C)=O)nc1C)O[C@@H](c1ccc(OCc2ccc(Cl)c(Cl)c2)cc1)CO3. The number of nitriles is 1. The number of thiazole rings is 1. The van der Waals surface area contributed by atoms with Gasteiger partial charge >= 0.3 is 5.97 Å². The lowest BCUT2D eigenvalue weighted by molar-refractivity contribution is -0.145. The number of halogens is 2. The van der Waals surface area contributed by atoms with Gasteiger partial charge in [-0.3, -0.25) is 14.5 Å². The largest absolute Gasteiger partial charge is 0.489 e. The van der Waals surface area contributed by atoms with E-state index in [0.29, 0.717) is 62.0 Å². The Kier molecular flexibility index (Phi) is 14.7. The van der Waals surface area contributed by atoms with E-state index in [0.717, 1.165) is 57.2 Å². The quantitative estimate of drug-likeness (QED) is 0.0969. The molecule has 3 heterocycles. The zero-order chi connectivity index (χ0) is 50.0. The molecule has 1 saturated carbocycles. The molecule has 1 aromatic heterocycles. The molecule has 3 aliphatic rings. The van der Waals surface area contributed by atoms with Crippen LogP contribution in [0.25, 0.3) is 11.1 Å². The number of hydrogen-bond acceptors (Lipinski definition) is 12. The summed E-state index contributed by atoms with van der Waals surface area (Å²) in [5.74, 6) is 0.113. The van der Waals surface area contributed by atoms with Gasteiger partial charge in [-0.25, -0.2) is 18.2 Å².